The summed E-state index contributed by atoms with van der Waals surface area (Å²) in [4.78, 5) is 27.6. The zero-order valence-electron chi connectivity index (χ0n) is 15.5. The lowest BCUT2D eigenvalue weighted by molar-refractivity contribution is -0.118. The lowest BCUT2D eigenvalue weighted by Gasteiger charge is -2.32. The lowest BCUT2D eigenvalue weighted by atomic mass is 9.92. The Labute approximate surface area is 161 Å². The van der Waals surface area contributed by atoms with Crippen molar-refractivity contribution in [1.82, 2.24) is 4.98 Å². The number of aromatic hydroxyl groups is 1. The Kier molecular flexibility index (Phi) is 4.22. The van der Waals surface area contributed by atoms with Gasteiger partial charge in [-0.25, -0.2) is 0 Å². The van der Waals surface area contributed by atoms with Gasteiger partial charge in [-0.1, -0.05) is 6.07 Å². The van der Waals surface area contributed by atoms with Gasteiger partial charge >= 0.3 is 0 Å². The van der Waals surface area contributed by atoms with Crippen molar-refractivity contribution in [1.29, 1.82) is 0 Å². The number of anilines is 1. The number of H-pyrrole nitrogens is 1. The molecule has 1 aliphatic rings. The third-order valence-electron chi connectivity index (χ3n) is 4.55. The van der Waals surface area contributed by atoms with Gasteiger partial charge in [0.05, 0.1) is 12.1 Å². The smallest absolute Gasteiger partial charge is 0.262 e. The number of ketones is 1. The molecule has 0 saturated heterocycles. The summed E-state index contributed by atoms with van der Waals surface area (Å²) in [6, 6.07) is 10.3. The highest BCUT2D eigenvalue weighted by Gasteiger charge is 2.35. The van der Waals surface area contributed by atoms with E-state index in [1.165, 1.54) is 12.1 Å². The number of amides is 1. The Balaban J connectivity index is 1.48. The van der Waals surface area contributed by atoms with E-state index in [2.05, 4.69) is 10.3 Å². The van der Waals surface area contributed by atoms with Gasteiger partial charge in [-0.2, -0.15) is 0 Å². The predicted octanol–water partition coefficient (Wildman–Crippen LogP) is 3.63. The Bertz CT molecular complexity index is 1080. The van der Waals surface area contributed by atoms with Crippen molar-refractivity contribution in [3.8, 4) is 17.2 Å². The normalized spacial score (nSPS) is 15.0. The molecule has 28 heavy (non-hydrogen) atoms. The Morgan fingerprint density at radius 2 is 2.14 bits per heavy atom. The van der Waals surface area contributed by atoms with Crippen molar-refractivity contribution in [3.63, 3.8) is 0 Å². The van der Waals surface area contributed by atoms with Gasteiger partial charge in [0.1, 0.15) is 28.4 Å². The first-order valence-electron chi connectivity index (χ1n) is 8.90. The number of benzene rings is 2. The number of carbonyl (C=O) groups excluding carboxylic acids is 2. The van der Waals surface area contributed by atoms with Crippen LogP contribution in [0.1, 0.15) is 30.6 Å². The summed E-state index contributed by atoms with van der Waals surface area (Å²) in [7, 11) is 0. The van der Waals surface area contributed by atoms with E-state index >= 15 is 0 Å². The zero-order chi connectivity index (χ0) is 19.9. The minimum absolute atomic E-state index is 0.148. The fourth-order valence-corrected chi connectivity index (χ4v) is 3.36. The molecule has 3 aromatic rings. The first-order chi connectivity index (χ1) is 13.3. The third kappa shape index (κ3) is 3.38. The Morgan fingerprint density at radius 3 is 2.96 bits per heavy atom. The van der Waals surface area contributed by atoms with E-state index in [4.69, 9.17) is 9.47 Å². The van der Waals surface area contributed by atoms with E-state index in [9.17, 15) is 14.7 Å². The number of phenols is 1. The van der Waals surface area contributed by atoms with E-state index in [1.807, 2.05) is 18.2 Å². The molecule has 3 N–H and O–H groups in total. The average molecular weight is 380 g/mol. The van der Waals surface area contributed by atoms with Crippen LogP contribution in [0.5, 0.6) is 17.2 Å². The number of carbonyl (C=O) groups is 2. The van der Waals surface area contributed by atoms with Crippen molar-refractivity contribution < 1.29 is 24.2 Å². The molecular formula is C21H20N2O5. The summed E-state index contributed by atoms with van der Waals surface area (Å²) in [5, 5.41) is 13.9. The number of phenolic OH excluding ortho intramolecular Hbond substituents is 1. The molecule has 0 atom stereocenters. The molecule has 144 valence electrons. The molecule has 0 unspecified atom stereocenters. The number of ether oxygens (including phenoxy) is 2. The van der Waals surface area contributed by atoms with Gasteiger partial charge in [0, 0.05) is 29.2 Å². The molecule has 7 nitrogen and oxygen atoms in total. The highest BCUT2D eigenvalue weighted by atomic mass is 16.5. The van der Waals surface area contributed by atoms with Crippen LogP contribution in [0.3, 0.4) is 0 Å². The second kappa shape index (κ2) is 6.60. The largest absolute Gasteiger partial charge is 0.507 e. The van der Waals surface area contributed by atoms with E-state index in [0.29, 0.717) is 5.69 Å². The first kappa shape index (κ1) is 17.9. The highest BCUT2D eigenvalue weighted by molar-refractivity contribution is 6.03. The zero-order valence-corrected chi connectivity index (χ0v) is 15.5. The fraction of sp³-hybridized carbons (Fsp3) is 0.238. The quantitative estimate of drug-likeness (QED) is 0.642. The number of aromatic nitrogens is 1. The predicted molar refractivity (Wildman–Crippen MR) is 104 cm³/mol. The number of aromatic amines is 1. The summed E-state index contributed by atoms with van der Waals surface area (Å²) in [5.74, 6) is -0.244. The number of Topliss-reactive ketones (excluding diaryl/α,β-unsaturated/α-hetero) is 1. The average Bonchev–Trinajstić information content (AvgIpc) is 3.08. The molecule has 2 aromatic carbocycles. The maximum atomic E-state index is 12.3. The number of nitrogens with one attached hydrogen (secondary N) is 2. The number of rotatable bonds is 4. The summed E-state index contributed by atoms with van der Waals surface area (Å²) < 4.78 is 11.3. The fourth-order valence-electron chi connectivity index (χ4n) is 3.36. The minimum Gasteiger partial charge on any atom is -0.507 e. The summed E-state index contributed by atoms with van der Waals surface area (Å²) in [6.07, 6.45) is 1.98. The van der Waals surface area contributed by atoms with Gasteiger partial charge < -0.3 is 24.9 Å². The van der Waals surface area contributed by atoms with E-state index < -0.39 is 5.60 Å². The first-order valence-corrected chi connectivity index (χ1v) is 8.90. The van der Waals surface area contributed by atoms with Crippen LogP contribution in [0.25, 0.3) is 10.9 Å². The van der Waals surface area contributed by atoms with Crippen molar-refractivity contribution in [2.75, 3.05) is 11.9 Å². The minimum atomic E-state index is -0.665. The Hall–Kier alpha value is -3.48. The van der Waals surface area contributed by atoms with Crippen LogP contribution in [-0.4, -0.2) is 34.0 Å². The number of hydrogen-bond acceptors (Lipinski definition) is 5. The maximum absolute atomic E-state index is 12.3. The van der Waals surface area contributed by atoms with Gasteiger partial charge in [0.2, 0.25) is 0 Å². The monoisotopic (exact) mass is 380 g/mol. The van der Waals surface area contributed by atoms with Crippen LogP contribution in [-0.2, 0) is 4.79 Å². The van der Waals surface area contributed by atoms with Crippen LogP contribution >= 0.6 is 0 Å². The van der Waals surface area contributed by atoms with Gasteiger partial charge in [0.15, 0.2) is 12.4 Å². The molecule has 2 heterocycles. The molecule has 1 aromatic heterocycles. The molecule has 1 aliphatic heterocycles. The number of fused-ring (bicyclic) bond motifs is 2. The van der Waals surface area contributed by atoms with Gasteiger partial charge in [-0.3, -0.25) is 9.59 Å². The maximum Gasteiger partial charge on any atom is 0.262 e. The van der Waals surface area contributed by atoms with E-state index in [1.54, 1.807) is 26.1 Å². The van der Waals surface area contributed by atoms with Crippen LogP contribution in [0.4, 0.5) is 5.69 Å². The third-order valence-corrected chi connectivity index (χ3v) is 4.55. The van der Waals surface area contributed by atoms with Crippen LogP contribution in [0.15, 0.2) is 42.6 Å². The van der Waals surface area contributed by atoms with E-state index in [-0.39, 0.29) is 47.5 Å². The number of hydrogen-bond donors (Lipinski definition) is 3. The van der Waals surface area contributed by atoms with Crippen molar-refractivity contribution in [2.45, 2.75) is 25.9 Å². The highest BCUT2D eigenvalue weighted by Crippen LogP contribution is 2.40. The SMILES string of the molecule is CC1(C)CC(=O)c2c(O)cc(OCC(=O)Nc3cccc4[nH]ccc34)cc2O1. The molecule has 7 heteroatoms. The standard InChI is InChI=1S/C21H20N2O5/c1-21(2)10-17(25)20-16(24)8-12(9-18(20)28-21)27-11-19(26)23-15-5-3-4-14-13(15)6-7-22-14/h3-9,22,24H,10-11H2,1-2H3,(H,23,26). The molecule has 0 saturated carbocycles. The van der Waals surface area contributed by atoms with Crippen LogP contribution < -0.4 is 14.8 Å². The second-order valence-corrected chi connectivity index (χ2v) is 7.36. The van der Waals surface area contributed by atoms with Crippen LogP contribution in [0, 0.1) is 0 Å². The van der Waals surface area contributed by atoms with Crippen molar-refractivity contribution >= 4 is 28.3 Å². The van der Waals surface area contributed by atoms with Crippen molar-refractivity contribution in [2.24, 2.45) is 0 Å². The molecular weight excluding hydrogens is 360 g/mol. The molecule has 1 amide bonds. The molecule has 4 rings (SSSR count). The van der Waals surface area contributed by atoms with Crippen molar-refractivity contribution in [3.05, 3.63) is 48.2 Å². The topological polar surface area (TPSA) is 101 Å². The molecule has 0 fully saturated rings. The molecule has 0 spiro atoms. The van der Waals surface area contributed by atoms with E-state index in [0.717, 1.165) is 10.9 Å². The summed E-state index contributed by atoms with van der Waals surface area (Å²) in [6.45, 7) is 3.34. The lowest BCUT2D eigenvalue weighted by Crippen LogP contribution is -2.35. The van der Waals surface area contributed by atoms with Gasteiger partial charge in [-0.05, 0) is 32.0 Å². The molecule has 0 bridgehead atoms. The van der Waals surface area contributed by atoms with Gasteiger partial charge in [0.25, 0.3) is 5.91 Å². The van der Waals surface area contributed by atoms with Crippen LogP contribution in [0.2, 0.25) is 0 Å². The summed E-state index contributed by atoms with van der Waals surface area (Å²) in [5.41, 5.74) is 1.08. The molecule has 0 aliphatic carbocycles. The Morgan fingerprint density at radius 1 is 1.32 bits per heavy atom. The molecule has 0 radical (unpaired) electrons. The van der Waals surface area contributed by atoms with Gasteiger partial charge in [-0.15, -0.1) is 0 Å². The second-order valence-electron chi connectivity index (χ2n) is 7.36. The summed E-state index contributed by atoms with van der Waals surface area (Å²) >= 11 is 0.